The van der Waals surface area contributed by atoms with E-state index in [0.717, 1.165) is 24.8 Å². The number of fused-ring (bicyclic) bond motifs is 1. The predicted molar refractivity (Wildman–Crippen MR) is 95.9 cm³/mol. The van der Waals surface area contributed by atoms with Gasteiger partial charge in [0, 0.05) is 19.3 Å². The Kier molecular flexibility index (Phi) is 4.30. The van der Waals surface area contributed by atoms with Crippen molar-refractivity contribution in [2.75, 3.05) is 6.54 Å². The zero-order valence-corrected chi connectivity index (χ0v) is 15.5. The van der Waals surface area contributed by atoms with E-state index in [-0.39, 0.29) is 11.7 Å². The number of amides is 1. The second-order valence-electron chi connectivity index (χ2n) is 7.15. The fourth-order valence-corrected chi connectivity index (χ4v) is 4.57. The van der Waals surface area contributed by atoms with Crippen molar-refractivity contribution in [1.82, 2.24) is 19.9 Å². The average molecular weight is 374 g/mol. The largest absolute Gasteiger partial charge is 0.337 e. The van der Waals surface area contributed by atoms with Crippen molar-refractivity contribution in [3.63, 3.8) is 0 Å². The highest BCUT2D eigenvalue weighted by Gasteiger charge is 2.34. The molecule has 0 bridgehead atoms. The summed E-state index contributed by atoms with van der Waals surface area (Å²) in [7, 11) is -3.64. The van der Waals surface area contributed by atoms with Crippen molar-refractivity contribution >= 4 is 15.7 Å². The van der Waals surface area contributed by atoms with E-state index in [4.69, 9.17) is 0 Å². The van der Waals surface area contributed by atoms with Gasteiger partial charge in [-0.05, 0) is 37.3 Å². The van der Waals surface area contributed by atoms with Gasteiger partial charge in [0.05, 0.1) is 17.5 Å². The lowest BCUT2D eigenvalue weighted by Crippen LogP contribution is -2.44. The van der Waals surface area contributed by atoms with E-state index in [0.29, 0.717) is 24.8 Å². The predicted octanol–water partition coefficient (Wildman–Crippen LogP) is 1.50. The van der Waals surface area contributed by atoms with Gasteiger partial charge in [-0.25, -0.2) is 13.1 Å². The Hall–Kier alpha value is -2.22. The van der Waals surface area contributed by atoms with Crippen molar-refractivity contribution in [2.45, 2.75) is 49.8 Å². The standard InChI is InChI=1S/C18H22N4O3S/c1-13(18(23)21-9-8-14-4-2-3-5-15(14)10-21)26(24,25)12-16-11-22(20-19-16)17-6-7-17/h2-5,11,13,17H,6-10,12H2,1H3. The van der Waals surface area contributed by atoms with E-state index in [9.17, 15) is 13.2 Å². The molecule has 2 heterocycles. The number of carbonyl (C=O) groups is 1. The molecule has 1 unspecified atom stereocenters. The molecule has 1 fully saturated rings. The van der Waals surface area contributed by atoms with Gasteiger partial charge in [-0.15, -0.1) is 5.10 Å². The molecule has 26 heavy (non-hydrogen) atoms. The highest BCUT2D eigenvalue weighted by atomic mass is 32.2. The molecular formula is C18H22N4O3S. The molecule has 1 aliphatic heterocycles. The molecule has 0 N–H and O–H groups in total. The third kappa shape index (κ3) is 3.38. The van der Waals surface area contributed by atoms with Crippen LogP contribution in [0.2, 0.25) is 0 Å². The molecule has 2 aromatic rings. The molecule has 0 radical (unpaired) electrons. The first-order valence-corrected chi connectivity index (χ1v) is 10.6. The Morgan fingerprint density at radius 2 is 2.00 bits per heavy atom. The normalized spacial score (nSPS) is 18.4. The number of nitrogens with zero attached hydrogens (tertiary/aromatic N) is 4. The van der Waals surface area contributed by atoms with Crippen LogP contribution in [0.1, 0.15) is 42.6 Å². The molecular weight excluding hydrogens is 352 g/mol. The third-order valence-electron chi connectivity index (χ3n) is 5.16. The van der Waals surface area contributed by atoms with Crippen LogP contribution in [0.15, 0.2) is 30.5 Å². The lowest BCUT2D eigenvalue weighted by molar-refractivity contribution is -0.131. The van der Waals surface area contributed by atoms with Crippen LogP contribution in [-0.4, -0.2) is 46.0 Å². The minimum Gasteiger partial charge on any atom is -0.337 e. The summed E-state index contributed by atoms with van der Waals surface area (Å²) >= 11 is 0. The maximum atomic E-state index is 12.8. The van der Waals surface area contributed by atoms with Crippen LogP contribution >= 0.6 is 0 Å². The van der Waals surface area contributed by atoms with Gasteiger partial charge in [-0.3, -0.25) is 4.79 Å². The van der Waals surface area contributed by atoms with Crippen molar-refractivity contribution in [2.24, 2.45) is 0 Å². The first-order valence-electron chi connectivity index (χ1n) is 8.92. The van der Waals surface area contributed by atoms with Gasteiger partial charge in [0.1, 0.15) is 5.25 Å². The molecule has 1 aromatic heterocycles. The fourth-order valence-electron chi connectivity index (χ4n) is 3.32. The van der Waals surface area contributed by atoms with E-state index >= 15 is 0 Å². The number of benzene rings is 1. The van der Waals surface area contributed by atoms with Gasteiger partial charge in [0.2, 0.25) is 5.91 Å². The molecule has 1 saturated carbocycles. The summed E-state index contributed by atoms with van der Waals surface area (Å²) in [6, 6.07) is 8.32. The quantitative estimate of drug-likeness (QED) is 0.792. The van der Waals surface area contributed by atoms with E-state index in [1.807, 2.05) is 18.2 Å². The van der Waals surface area contributed by atoms with Crippen molar-refractivity contribution in [1.29, 1.82) is 0 Å². The lowest BCUT2D eigenvalue weighted by Gasteiger charge is -2.30. The van der Waals surface area contributed by atoms with Gasteiger partial charge in [-0.1, -0.05) is 29.5 Å². The summed E-state index contributed by atoms with van der Waals surface area (Å²) in [5, 5.41) is 6.86. The lowest BCUT2D eigenvalue weighted by atomic mass is 10.00. The highest BCUT2D eigenvalue weighted by molar-refractivity contribution is 7.92. The van der Waals surface area contributed by atoms with Crippen LogP contribution in [0.5, 0.6) is 0 Å². The van der Waals surface area contributed by atoms with Crippen molar-refractivity contribution in [3.8, 4) is 0 Å². The minimum atomic E-state index is -3.64. The van der Waals surface area contributed by atoms with Crippen LogP contribution in [0.4, 0.5) is 0 Å². The maximum absolute atomic E-state index is 12.8. The Morgan fingerprint density at radius 1 is 1.27 bits per heavy atom. The number of hydrogen-bond acceptors (Lipinski definition) is 5. The van der Waals surface area contributed by atoms with Crippen LogP contribution in [0.25, 0.3) is 0 Å². The molecule has 7 nitrogen and oxygen atoms in total. The van der Waals surface area contributed by atoms with Crippen molar-refractivity contribution < 1.29 is 13.2 Å². The number of sulfone groups is 1. The second kappa shape index (κ2) is 6.50. The summed E-state index contributed by atoms with van der Waals surface area (Å²) in [5.74, 6) is -0.592. The number of rotatable bonds is 5. The maximum Gasteiger partial charge on any atom is 0.240 e. The van der Waals surface area contributed by atoms with Gasteiger partial charge in [0.25, 0.3) is 0 Å². The van der Waals surface area contributed by atoms with E-state index in [1.165, 1.54) is 12.5 Å². The number of hydrogen-bond donors (Lipinski definition) is 0. The molecule has 1 amide bonds. The third-order valence-corrected chi connectivity index (χ3v) is 7.13. The smallest absolute Gasteiger partial charge is 0.240 e. The Balaban J connectivity index is 1.45. The average Bonchev–Trinajstić information content (AvgIpc) is 3.39. The molecule has 2 aliphatic rings. The molecule has 138 valence electrons. The SMILES string of the molecule is CC(C(=O)N1CCc2ccccc2C1)S(=O)(=O)Cc1cn(C2CC2)nn1. The fraction of sp³-hybridized carbons (Fsp3) is 0.500. The zero-order chi connectivity index (χ0) is 18.3. The minimum absolute atomic E-state index is 0.253. The van der Waals surface area contributed by atoms with E-state index < -0.39 is 15.1 Å². The molecule has 4 rings (SSSR count). The summed E-state index contributed by atoms with van der Waals surface area (Å²) in [4.78, 5) is 14.4. The van der Waals surface area contributed by atoms with Crippen LogP contribution < -0.4 is 0 Å². The molecule has 8 heteroatoms. The molecule has 1 atom stereocenters. The first-order chi connectivity index (χ1) is 12.4. The molecule has 1 aromatic carbocycles. The summed E-state index contributed by atoms with van der Waals surface area (Å²) < 4.78 is 27.1. The molecule has 0 saturated heterocycles. The van der Waals surface area contributed by atoms with Gasteiger partial charge in [-0.2, -0.15) is 0 Å². The first kappa shape index (κ1) is 17.2. The Labute approximate surface area is 152 Å². The van der Waals surface area contributed by atoms with Gasteiger partial charge in [0.15, 0.2) is 9.84 Å². The molecule has 0 spiro atoms. The zero-order valence-electron chi connectivity index (χ0n) is 14.7. The second-order valence-corrected chi connectivity index (χ2v) is 9.47. The van der Waals surface area contributed by atoms with Crippen molar-refractivity contribution in [3.05, 3.63) is 47.3 Å². The van der Waals surface area contributed by atoms with Gasteiger partial charge < -0.3 is 4.90 Å². The van der Waals surface area contributed by atoms with Crippen LogP contribution in [0, 0.1) is 0 Å². The number of aromatic nitrogens is 3. The topological polar surface area (TPSA) is 85.2 Å². The Morgan fingerprint density at radius 3 is 2.73 bits per heavy atom. The van der Waals surface area contributed by atoms with E-state index in [2.05, 4.69) is 16.4 Å². The summed E-state index contributed by atoms with van der Waals surface area (Å²) in [6.07, 6.45) is 4.55. The van der Waals surface area contributed by atoms with E-state index in [1.54, 1.807) is 15.8 Å². The monoisotopic (exact) mass is 374 g/mol. The molecule has 1 aliphatic carbocycles. The number of carbonyl (C=O) groups excluding carboxylic acids is 1. The van der Waals surface area contributed by atoms with Gasteiger partial charge >= 0.3 is 0 Å². The van der Waals surface area contributed by atoms with Crippen LogP contribution in [-0.2, 0) is 33.4 Å². The summed E-state index contributed by atoms with van der Waals surface area (Å²) in [6.45, 7) is 2.49. The Bertz CT molecular complexity index is 933. The van der Waals surface area contributed by atoms with Crippen LogP contribution in [0.3, 0.4) is 0 Å². The highest BCUT2D eigenvalue weighted by Crippen LogP contribution is 2.33. The summed E-state index contributed by atoms with van der Waals surface area (Å²) in [5.41, 5.74) is 2.72.